The van der Waals surface area contributed by atoms with Crippen LogP contribution >= 0.6 is 39.0 Å². The molecule has 0 unspecified atom stereocenters. The van der Waals surface area contributed by atoms with E-state index >= 15 is 0 Å². The topological polar surface area (TPSA) is 122 Å². The minimum atomic E-state index is -1.10. The van der Waals surface area contributed by atoms with Crippen LogP contribution in [0.15, 0.2) is 21.5 Å². The number of carbonyl (C=O) groups excluding carboxylic acids is 1. The third-order valence-electron chi connectivity index (χ3n) is 3.99. The fourth-order valence-corrected chi connectivity index (χ4v) is 5.23. The molecule has 158 valence electrons. The predicted octanol–water partition coefficient (Wildman–Crippen LogP) is 4.14. The predicted molar refractivity (Wildman–Crippen MR) is 119 cm³/mol. The van der Waals surface area contributed by atoms with Crippen molar-refractivity contribution >= 4 is 61.9 Å². The summed E-state index contributed by atoms with van der Waals surface area (Å²) < 4.78 is 11.4. The maximum Gasteiger partial charge on any atom is 0.341 e. The van der Waals surface area contributed by atoms with E-state index in [1.165, 1.54) is 11.3 Å². The zero-order valence-electron chi connectivity index (χ0n) is 16.1. The third kappa shape index (κ3) is 4.90. The van der Waals surface area contributed by atoms with E-state index in [0.29, 0.717) is 32.3 Å². The maximum absolute atomic E-state index is 12.9. The summed E-state index contributed by atoms with van der Waals surface area (Å²) in [7, 11) is 0. The molecule has 1 saturated heterocycles. The first-order chi connectivity index (χ1) is 14.3. The van der Waals surface area contributed by atoms with Crippen molar-refractivity contribution in [2.75, 3.05) is 13.2 Å². The van der Waals surface area contributed by atoms with Crippen LogP contribution in [0.3, 0.4) is 0 Å². The molecule has 1 aliphatic rings. The molecule has 0 bridgehead atoms. The lowest BCUT2D eigenvalue weighted by Crippen LogP contribution is -2.11. The molecule has 3 rings (SSSR count). The molecule has 0 radical (unpaired) electrons. The largest absolute Gasteiger partial charge is 0.490 e. The number of hydrogen-bond acceptors (Lipinski definition) is 9. The molecule has 2 aromatic rings. The van der Waals surface area contributed by atoms with Gasteiger partial charge in [0.05, 0.1) is 21.0 Å². The highest BCUT2D eigenvalue weighted by molar-refractivity contribution is 9.10. The van der Waals surface area contributed by atoms with Gasteiger partial charge in [-0.25, -0.2) is 4.79 Å². The summed E-state index contributed by atoms with van der Waals surface area (Å²) in [6, 6.07) is 3.38. The monoisotopic (exact) mass is 511 g/mol. The Labute approximate surface area is 189 Å². The molecule has 0 amide bonds. The number of carboxylic acid groups (broad SMARTS) is 1. The van der Waals surface area contributed by atoms with E-state index in [1.54, 1.807) is 25.1 Å². The molecule has 11 heteroatoms. The van der Waals surface area contributed by atoms with Crippen molar-refractivity contribution in [3.63, 3.8) is 0 Å². The number of aliphatic carboxylic acids is 1. The summed E-state index contributed by atoms with van der Waals surface area (Å²) in [6.45, 7) is 3.61. The zero-order valence-corrected chi connectivity index (χ0v) is 19.3. The fraction of sp³-hybridized carbons (Fsp3) is 0.316. The molecule has 0 saturated carbocycles. The molecule has 1 aromatic heterocycles. The van der Waals surface area contributed by atoms with Crippen molar-refractivity contribution in [1.29, 1.82) is 5.41 Å². The van der Waals surface area contributed by atoms with E-state index in [0.717, 1.165) is 23.2 Å². The highest BCUT2D eigenvalue weighted by Gasteiger charge is 2.39. The number of ketones is 1. The minimum Gasteiger partial charge on any atom is -0.490 e. The van der Waals surface area contributed by atoms with Crippen LogP contribution in [-0.4, -0.2) is 45.3 Å². The first kappa shape index (κ1) is 22.4. The smallest absolute Gasteiger partial charge is 0.341 e. The zero-order chi connectivity index (χ0) is 21.8. The second kappa shape index (κ2) is 9.71. The lowest BCUT2D eigenvalue weighted by atomic mass is 10.0. The third-order valence-corrected chi connectivity index (χ3v) is 6.70. The van der Waals surface area contributed by atoms with Crippen LogP contribution in [0.25, 0.3) is 6.08 Å². The fourth-order valence-electron chi connectivity index (χ4n) is 2.70. The standard InChI is InChI=1S/C19H18BrN3O5S2/c1-3-13-22-23-19(30-13)15-16(26)12(29-18(15)21)7-9-5-10(20)17(28-8-14(24)25)11(6-9)27-4-2/h5-7,15,21H,3-4,8H2,1-2H3,(H,24,25)/b12-7-,21-18?/t15-/m1/s1. The van der Waals surface area contributed by atoms with E-state index < -0.39 is 18.5 Å². The number of aromatic nitrogens is 2. The summed E-state index contributed by atoms with van der Waals surface area (Å²) in [5.74, 6) is -1.37. The lowest BCUT2D eigenvalue weighted by Gasteiger charge is -2.13. The van der Waals surface area contributed by atoms with Crippen molar-refractivity contribution in [3.8, 4) is 11.5 Å². The van der Waals surface area contributed by atoms with Crippen LogP contribution in [0, 0.1) is 5.41 Å². The molecule has 2 N–H and O–H groups in total. The van der Waals surface area contributed by atoms with Crippen LogP contribution in [0.2, 0.25) is 0 Å². The van der Waals surface area contributed by atoms with Crippen molar-refractivity contribution in [1.82, 2.24) is 10.2 Å². The molecule has 1 aliphatic heterocycles. The van der Waals surface area contributed by atoms with Gasteiger partial charge in [0.1, 0.15) is 15.9 Å². The Hall–Kier alpha value is -2.24. The van der Waals surface area contributed by atoms with Gasteiger partial charge in [0.15, 0.2) is 23.9 Å². The number of hydrogen-bond donors (Lipinski definition) is 2. The highest BCUT2D eigenvalue weighted by Crippen LogP contribution is 2.43. The molecule has 2 heterocycles. The summed E-state index contributed by atoms with van der Waals surface area (Å²) in [6.07, 6.45) is 2.41. The quantitative estimate of drug-likeness (QED) is 0.506. The van der Waals surface area contributed by atoms with Crippen LogP contribution in [-0.2, 0) is 16.0 Å². The lowest BCUT2D eigenvalue weighted by molar-refractivity contribution is -0.139. The molecule has 30 heavy (non-hydrogen) atoms. The molecular formula is C19H18BrN3O5S2. The number of aryl methyl sites for hydroxylation is 1. The van der Waals surface area contributed by atoms with Gasteiger partial charge in [-0.3, -0.25) is 10.2 Å². The van der Waals surface area contributed by atoms with Gasteiger partial charge in [-0.2, -0.15) is 0 Å². The molecular weight excluding hydrogens is 494 g/mol. The highest BCUT2D eigenvalue weighted by atomic mass is 79.9. The van der Waals surface area contributed by atoms with Crippen molar-refractivity contribution in [2.45, 2.75) is 26.2 Å². The number of carboxylic acids is 1. The van der Waals surface area contributed by atoms with E-state index in [2.05, 4.69) is 26.1 Å². The van der Waals surface area contributed by atoms with Crippen molar-refractivity contribution in [3.05, 3.63) is 37.1 Å². The number of allylic oxidation sites excluding steroid dienone is 1. The van der Waals surface area contributed by atoms with Gasteiger partial charge in [-0.15, -0.1) is 21.5 Å². The molecule has 1 fully saturated rings. The number of nitrogens with one attached hydrogen (secondary N) is 1. The molecule has 1 atom stereocenters. The summed E-state index contributed by atoms with van der Waals surface area (Å²) in [5.41, 5.74) is 0.656. The number of halogens is 1. The number of nitrogens with zero attached hydrogens (tertiary/aromatic N) is 2. The normalized spacial score (nSPS) is 17.6. The number of thioether (sulfide) groups is 1. The Morgan fingerprint density at radius 1 is 1.33 bits per heavy atom. The van der Waals surface area contributed by atoms with Crippen LogP contribution in [0.1, 0.15) is 35.3 Å². The van der Waals surface area contributed by atoms with E-state index in [9.17, 15) is 9.59 Å². The SMILES string of the molecule is CCOc1cc(/C=C2\SC(=N)[C@H](c3nnc(CC)s3)C2=O)cc(Br)c1OCC(=O)O. The summed E-state index contributed by atoms with van der Waals surface area (Å²) in [5, 5.41) is 26.8. The molecule has 1 aromatic carbocycles. The Morgan fingerprint density at radius 3 is 2.73 bits per heavy atom. The number of rotatable bonds is 8. The number of Topliss-reactive ketones (excluding diaryl/α,β-unsaturated/α-hetero) is 1. The first-order valence-electron chi connectivity index (χ1n) is 8.99. The van der Waals surface area contributed by atoms with E-state index in [4.69, 9.17) is 20.0 Å². The second-order valence-corrected chi connectivity index (χ2v) is 9.14. The van der Waals surface area contributed by atoms with Crippen molar-refractivity contribution < 1.29 is 24.2 Å². The maximum atomic E-state index is 12.9. The van der Waals surface area contributed by atoms with Crippen LogP contribution in [0.5, 0.6) is 11.5 Å². The summed E-state index contributed by atoms with van der Waals surface area (Å²) >= 11 is 5.83. The van der Waals surface area contributed by atoms with E-state index in [-0.39, 0.29) is 16.6 Å². The van der Waals surface area contributed by atoms with Gasteiger partial charge in [0.25, 0.3) is 0 Å². The average Bonchev–Trinajstić information content (AvgIpc) is 3.25. The number of benzene rings is 1. The minimum absolute atomic E-state index is 0.191. The van der Waals surface area contributed by atoms with Crippen LogP contribution in [0.4, 0.5) is 0 Å². The Kier molecular flexibility index (Phi) is 7.27. The second-order valence-electron chi connectivity index (χ2n) is 6.11. The Balaban J connectivity index is 1.91. The van der Waals surface area contributed by atoms with Gasteiger partial charge >= 0.3 is 5.97 Å². The Bertz CT molecular complexity index is 1040. The van der Waals surface area contributed by atoms with E-state index in [1.807, 2.05) is 6.92 Å². The average molecular weight is 512 g/mol. The van der Waals surface area contributed by atoms with Gasteiger partial charge in [-0.1, -0.05) is 18.7 Å². The van der Waals surface area contributed by atoms with Crippen molar-refractivity contribution in [2.24, 2.45) is 0 Å². The first-order valence-corrected chi connectivity index (χ1v) is 11.4. The Morgan fingerprint density at radius 2 is 2.10 bits per heavy atom. The van der Waals surface area contributed by atoms with Gasteiger partial charge in [0.2, 0.25) is 0 Å². The summed E-state index contributed by atoms with van der Waals surface area (Å²) in [4.78, 5) is 24.2. The number of ether oxygens (including phenoxy) is 2. The van der Waals surface area contributed by atoms with Crippen LogP contribution < -0.4 is 9.47 Å². The number of carbonyl (C=O) groups is 2. The molecule has 0 spiro atoms. The molecule has 0 aliphatic carbocycles. The van der Waals surface area contributed by atoms with Gasteiger partial charge in [0, 0.05) is 0 Å². The van der Waals surface area contributed by atoms with Gasteiger partial charge < -0.3 is 14.6 Å². The molecule has 8 nitrogen and oxygen atoms in total. The van der Waals surface area contributed by atoms with Gasteiger partial charge in [-0.05, 0) is 53.0 Å².